The van der Waals surface area contributed by atoms with Gasteiger partial charge in [-0.3, -0.25) is 0 Å². The number of hydrogen-bond acceptors (Lipinski definition) is 2. The Labute approximate surface area is 93.4 Å². The molecule has 0 saturated carbocycles. The summed E-state index contributed by atoms with van der Waals surface area (Å²) in [6.45, 7) is 2.65. The fraction of sp³-hybridized carbons (Fsp3) is 0.300. The molecule has 0 bridgehead atoms. The van der Waals surface area contributed by atoms with E-state index >= 15 is 0 Å². The third-order valence-corrected chi connectivity index (χ3v) is 2.06. The smallest absolute Gasteiger partial charge is 0.312 e. The van der Waals surface area contributed by atoms with Gasteiger partial charge >= 0.3 is 6.03 Å². The van der Waals surface area contributed by atoms with E-state index in [0.717, 1.165) is 5.56 Å². The number of carbonyl (C=O) groups excluding carboxylic acids is 1. The molecule has 5 heteroatoms. The number of nitrogens with two attached hydrogens (primary N) is 1. The van der Waals surface area contributed by atoms with Crippen molar-refractivity contribution in [2.45, 2.75) is 6.92 Å². The summed E-state index contributed by atoms with van der Waals surface area (Å²) in [5.41, 5.74) is 5.96. The minimum atomic E-state index is -0.561. The SMILES string of the molecule is Cc1ccc(Cl)c(OCCNC(N)=O)c1. The second-order valence-electron chi connectivity index (χ2n) is 3.07. The molecule has 0 aliphatic rings. The Morgan fingerprint density at radius 2 is 2.33 bits per heavy atom. The number of carbonyl (C=O) groups is 1. The van der Waals surface area contributed by atoms with E-state index in [1.807, 2.05) is 19.1 Å². The molecule has 0 unspecified atom stereocenters. The molecule has 4 nitrogen and oxygen atoms in total. The lowest BCUT2D eigenvalue weighted by Gasteiger charge is -2.08. The molecule has 1 aromatic rings. The van der Waals surface area contributed by atoms with Gasteiger partial charge < -0.3 is 15.8 Å². The predicted molar refractivity (Wildman–Crippen MR) is 59.3 cm³/mol. The summed E-state index contributed by atoms with van der Waals surface area (Å²) in [5.74, 6) is 0.614. The van der Waals surface area contributed by atoms with Crippen LogP contribution in [0.3, 0.4) is 0 Å². The third kappa shape index (κ3) is 4.08. The van der Waals surface area contributed by atoms with Gasteiger partial charge in [0, 0.05) is 0 Å². The van der Waals surface area contributed by atoms with Crippen molar-refractivity contribution in [3.8, 4) is 5.75 Å². The van der Waals surface area contributed by atoms with Crippen LogP contribution in [0.1, 0.15) is 5.56 Å². The molecule has 82 valence electrons. The number of halogens is 1. The summed E-state index contributed by atoms with van der Waals surface area (Å²) in [6, 6.07) is 4.95. The van der Waals surface area contributed by atoms with Crippen LogP contribution in [0.15, 0.2) is 18.2 Å². The average molecular weight is 229 g/mol. The van der Waals surface area contributed by atoms with Crippen LogP contribution in [0.2, 0.25) is 5.02 Å². The Kier molecular flexibility index (Phi) is 4.24. The molecule has 0 spiro atoms. The number of benzene rings is 1. The van der Waals surface area contributed by atoms with Crippen LogP contribution >= 0.6 is 11.6 Å². The standard InChI is InChI=1S/C10H13ClN2O2/c1-7-2-3-8(11)9(6-7)15-5-4-13-10(12)14/h2-3,6H,4-5H2,1H3,(H3,12,13,14). The molecule has 1 rings (SSSR count). The zero-order chi connectivity index (χ0) is 11.3. The van der Waals surface area contributed by atoms with E-state index in [1.165, 1.54) is 0 Å². The van der Waals surface area contributed by atoms with Crippen LogP contribution in [0, 0.1) is 6.92 Å². The van der Waals surface area contributed by atoms with Crippen molar-refractivity contribution in [3.05, 3.63) is 28.8 Å². The molecule has 1 aromatic carbocycles. The van der Waals surface area contributed by atoms with Crippen LogP contribution in [-0.4, -0.2) is 19.2 Å². The zero-order valence-electron chi connectivity index (χ0n) is 8.42. The van der Waals surface area contributed by atoms with Gasteiger partial charge in [0.15, 0.2) is 0 Å². The van der Waals surface area contributed by atoms with E-state index in [4.69, 9.17) is 22.1 Å². The molecule has 0 aliphatic carbocycles. The monoisotopic (exact) mass is 228 g/mol. The minimum absolute atomic E-state index is 0.339. The molecule has 0 atom stereocenters. The van der Waals surface area contributed by atoms with Crippen LogP contribution in [0.4, 0.5) is 4.79 Å². The zero-order valence-corrected chi connectivity index (χ0v) is 9.17. The van der Waals surface area contributed by atoms with Gasteiger partial charge in [0.25, 0.3) is 0 Å². The Morgan fingerprint density at radius 1 is 1.60 bits per heavy atom. The maximum Gasteiger partial charge on any atom is 0.312 e. The van der Waals surface area contributed by atoms with Crippen molar-refractivity contribution < 1.29 is 9.53 Å². The molecule has 0 aromatic heterocycles. The Bertz CT molecular complexity index is 355. The van der Waals surface area contributed by atoms with E-state index in [-0.39, 0.29) is 0 Å². The molecule has 0 heterocycles. The van der Waals surface area contributed by atoms with Gasteiger partial charge in [0.1, 0.15) is 12.4 Å². The van der Waals surface area contributed by atoms with Crippen LogP contribution in [-0.2, 0) is 0 Å². The molecule has 0 radical (unpaired) electrons. The van der Waals surface area contributed by atoms with Crippen molar-refractivity contribution in [1.82, 2.24) is 5.32 Å². The summed E-state index contributed by atoms with van der Waals surface area (Å²) in [5, 5.41) is 2.98. The maximum absolute atomic E-state index is 10.4. The highest BCUT2D eigenvalue weighted by atomic mass is 35.5. The van der Waals surface area contributed by atoms with E-state index < -0.39 is 6.03 Å². The fourth-order valence-electron chi connectivity index (χ4n) is 1.06. The molecule has 0 saturated heterocycles. The molecule has 0 fully saturated rings. The first-order valence-corrected chi connectivity index (χ1v) is 4.89. The molecule has 0 aliphatic heterocycles. The molecule has 15 heavy (non-hydrogen) atoms. The molecule has 3 N–H and O–H groups in total. The first-order chi connectivity index (χ1) is 7.09. The lowest BCUT2D eigenvalue weighted by molar-refractivity contribution is 0.244. The first kappa shape index (κ1) is 11.7. The number of nitrogens with one attached hydrogen (secondary N) is 1. The van der Waals surface area contributed by atoms with E-state index in [9.17, 15) is 4.79 Å². The van der Waals surface area contributed by atoms with E-state index in [2.05, 4.69) is 5.32 Å². The average Bonchev–Trinajstić information content (AvgIpc) is 2.17. The van der Waals surface area contributed by atoms with Gasteiger partial charge in [-0.1, -0.05) is 17.7 Å². The molecular weight excluding hydrogens is 216 g/mol. The molecule has 2 amide bonds. The number of urea groups is 1. The van der Waals surface area contributed by atoms with Crippen molar-refractivity contribution in [1.29, 1.82) is 0 Å². The minimum Gasteiger partial charge on any atom is -0.490 e. The maximum atomic E-state index is 10.4. The summed E-state index contributed by atoms with van der Waals surface area (Å²) < 4.78 is 5.37. The van der Waals surface area contributed by atoms with Gasteiger partial charge in [-0.15, -0.1) is 0 Å². The number of ether oxygens (including phenoxy) is 1. The second kappa shape index (κ2) is 5.46. The summed E-state index contributed by atoms with van der Waals surface area (Å²) >= 11 is 5.90. The summed E-state index contributed by atoms with van der Waals surface area (Å²) in [7, 11) is 0. The highest BCUT2D eigenvalue weighted by Crippen LogP contribution is 2.24. The quantitative estimate of drug-likeness (QED) is 0.771. The first-order valence-electron chi connectivity index (χ1n) is 4.52. The van der Waals surface area contributed by atoms with E-state index in [1.54, 1.807) is 6.07 Å². The summed E-state index contributed by atoms with van der Waals surface area (Å²) in [4.78, 5) is 10.4. The third-order valence-electron chi connectivity index (χ3n) is 1.75. The van der Waals surface area contributed by atoms with Gasteiger partial charge in [-0.2, -0.15) is 0 Å². The van der Waals surface area contributed by atoms with Crippen LogP contribution in [0.25, 0.3) is 0 Å². The Morgan fingerprint density at radius 3 is 3.00 bits per heavy atom. The number of amides is 2. The van der Waals surface area contributed by atoms with Crippen molar-refractivity contribution in [3.63, 3.8) is 0 Å². The van der Waals surface area contributed by atoms with E-state index in [0.29, 0.717) is 23.9 Å². The Balaban J connectivity index is 2.43. The summed E-state index contributed by atoms with van der Waals surface area (Å²) in [6.07, 6.45) is 0. The Hall–Kier alpha value is -1.42. The topological polar surface area (TPSA) is 64.3 Å². The van der Waals surface area contributed by atoms with Crippen molar-refractivity contribution in [2.24, 2.45) is 5.73 Å². The lowest BCUT2D eigenvalue weighted by Crippen LogP contribution is -2.32. The fourth-order valence-corrected chi connectivity index (χ4v) is 1.23. The largest absolute Gasteiger partial charge is 0.490 e. The lowest BCUT2D eigenvalue weighted by atomic mass is 10.2. The van der Waals surface area contributed by atoms with Crippen LogP contribution < -0.4 is 15.8 Å². The van der Waals surface area contributed by atoms with Crippen molar-refractivity contribution in [2.75, 3.05) is 13.2 Å². The van der Waals surface area contributed by atoms with Gasteiger partial charge in [-0.25, -0.2) is 4.79 Å². The number of hydrogen-bond donors (Lipinski definition) is 2. The van der Waals surface area contributed by atoms with Gasteiger partial charge in [0.05, 0.1) is 11.6 Å². The number of aryl methyl sites for hydroxylation is 1. The second-order valence-corrected chi connectivity index (χ2v) is 3.48. The number of primary amides is 1. The van der Waals surface area contributed by atoms with Crippen LogP contribution in [0.5, 0.6) is 5.75 Å². The highest BCUT2D eigenvalue weighted by molar-refractivity contribution is 6.32. The predicted octanol–water partition coefficient (Wildman–Crippen LogP) is 1.70. The normalized spacial score (nSPS) is 9.73. The number of rotatable bonds is 4. The van der Waals surface area contributed by atoms with Gasteiger partial charge in [0.2, 0.25) is 0 Å². The molecular formula is C10H13ClN2O2. The highest BCUT2D eigenvalue weighted by Gasteiger charge is 2.01. The van der Waals surface area contributed by atoms with Crippen molar-refractivity contribution >= 4 is 17.6 Å². The van der Waals surface area contributed by atoms with Gasteiger partial charge in [-0.05, 0) is 24.6 Å².